The summed E-state index contributed by atoms with van der Waals surface area (Å²) in [6.45, 7) is 0. The lowest BCUT2D eigenvalue weighted by atomic mass is 10.1. The van der Waals surface area contributed by atoms with E-state index in [2.05, 4.69) is 5.43 Å². The molecular formula is C26H21N3O9. The molecule has 1 N–H and O–H groups in total. The van der Waals surface area contributed by atoms with Crippen LogP contribution in [-0.4, -0.2) is 44.0 Å². The SMILES string of the molecule is COc1cc(C(=O)Oc2ccc([N+](=O)[O-])cc2/C=C2/C(=O)NN(c3ccccc3)C2=O)cc(OC)c1OC. The third-order valence-corrected chi connectivity index (χ3v) is 5.51. The molecule has 0 bridgehead atoms. The van der Waals surface area contributed by atoms with E-state index in [-0.39, 0.29) is 45.4 Å². The Kier molecular flexibility index (Phi) is 7.24. The van der Waals surface area contributed by atoms with E-state index in [9.17, 15) is 24.5 Å². The molecule has 0 aromatic heterocycles. The predicted octanol–water partition coefficient (Wildman–Crippen LogP) is 3.30. The number of nitrogens with zero attached hydrogens (tertiary/aromatic N) is 2. The highest BCUT2D eigenvalue weighted by molar-refractivity contribution is 6.31. The van der Waals surface area contributed by atoms with Crippen molar-refractivity contribution in [1.29, 1.82) is 0 Å². The van der Waals surface area contributed by atoms with Crippen LogP contribution in [0.5, 0.6) is 23.0 Å². The molecule has 0 aliphatic carbocycles. The summed E-state index contributed by atoms with van der Waals surface area (Å²) in [5, 5.41) is 12.4. The van der Waals surface area contributed by atoms with E-state index in [0.29, 0.717) is 5.69 Å². The van der Waals surface area contributed by atoms with Crippen molar-refractivity contribution in [3.8, 4) is 23.0 Å². The van der Waals surface area contributed by atoms with Gasteiger partial charge in [0.15, 0.2) is 11.5 Å². The Morgan fingerprint density at radius 1 is 0.921 bits per heavy atom. The van der Waals surface area contributed by atoms with Crippen LogP contribution in [0, 0.1) is 10.1 Å². The summed E-state index contributed by atoms with van der Waals surface area (Å²) in [6.07, 6.45) is 1.13. The van der Waals surface area contributed by atoms with E-state index in [1.807, 2.05) is 0 Å². The quantitative estimate of drug-likeness (QED) is 0.118. The fourth-order valence-corrected chi connectivity index (χ4v) is 3.68. The van der Waals surface area contributed by atoms with Crippen molar-refractivity contribution in [2.24, 2.45) is 0 Å². The molecule has 1 aliphatic rings. The molecular weight excluding hydrogens is 498 g/mol. The number of esters is 1. The molecule has 12 nitrogen and oxygen atoms in total. The number of carbonyl (C=O) groups excluding carboxylic acids is 3. The molecule has 1 aliphatic heterocycles. The predicted molar refractivity (Wildman–Crippen MR) is 134 cm³/mol. The molecule has 0 atom stereocenters. The van der Waals surface area contributed by atoms with Crippen molar-refractivity contribution in [1.82, 2.24) is 5.43 Å². The van der Waals surface area contributed by atoms with Crippen LogP contribution < -0.4 is 29.4 Å². The highest BCUT2D eigenvalue weighted by Gasteiger charge is 2.35. The van der Waals surface area contributed by atoms with E-state index in [0.717, 1.165) is 23.2 Å². The van der Waals surface area contributed by atoms with Crippen molar-refractivity contribution in [2.75, 3.05) is 26.3 Å². The van der Waals surface area contributed by atoms with Crippen LogP contribution >= 0.6 is 0 Å². The van der Waals surface area contributed by atoms with Gasteiger partial charge in [-0.1, -0.05) is 18.2 Å². The first-order valence-electron chi connectivity index (χ1n) is 11.0. The average Bonchev–Trinajstić information content (AvgIpc) is 3.21. The van der Waals surface area contributed by atoms with E-state index in [1.54, 1.807) is 30.3 Å². The first-order valence-corrected chi connectivity index (χ1v) is 11.0. The third kappa shape index (κ3) is 4.95. The summed E-state index contributed by atoms with van der Waals surface area (Å²) >= 11 is 0. The van der Waals surface area contributed by atoms with Crippen molar-refractivity contribution >= 4 is 35.2 Å². The molecule has 3 aromatic carbocycles. The number of methoxy groups -OCH3 is 3. The number of hydrogen-bond donors (Lipinski definition) is 1. The maximum atomic E-state index is 13.0. The molecule has 194 valence electrons. The number of ether oxygens (including phenoxy) is 4. The fourth-order valence-electron chi connectivity index (χ4n) is 3.68. The van der Waals surface area contributed by atoms with Crippen molar-refractivity contribution in [2.45, 2.75) is 0 Å². The second kappa shape index (κ2) is 10.7. The van der Waals surface area contributed by atoms with Gasteiger partial charge in [0, 0.05) is 17.7 Å². The summed E-state index contributed by atoms with van der Waals surface area (Å²) in [6, 6.07) is 14.6. The Morgan fingerprint density at radius 2 is 1.58 bits per heavy atom. The number of benzene rings is 3. The zero-order chi connectivity index (χ0) is 27.4. The number of carbonyl (C=O) groups is 3. The molecule has 0 radical (unpaired) electrons. The van der Waals surface area contributed by atoms with Crippen LogP contribution in [0.3, 0.4) is 0 Å². The van der Waals surface area contributed by atoms with E-state index < -0.39 is 22.7 Å². The summed E-state index contributed by atoms with van der Waals surface area (Å²) in [4.78, 5) is 49.4. The van der Waals surface area contributed by atoms with Crippen LogP contribution in [0.15, 0.2) is 66.2 Å². The lowest BCUT2D eigenvalue weighted by Gasteiger charge is -2.14. The molecule has 1 saturated heterocycles. The molecule has 12 heteroatoms. The van der Waals surface area contributed by atoms with E-state index in [1.165, 1.54) is 39.5 Å². The van der Waals surface area contributed by atoms with Crippen LogP contribution in [-0.2, 0) is 9.59 Å². The number of para-hydroxylation sites is 1. The van der Waals surface area contributed by atoms with Crippen LogP contribution in [0.2, 0.25) is 0 Å². The van der Waals surface area contributed by atoms with E-state index in [4.69, 9.17) is 18.9 Å². The number of hydrogen-bond acceptors (Lipinski definition) is 9. The normalized spacial score (nSPS) is 13.8. The van der Waals surface area contributed by atoms with Crippen molar-refractivity contribution in [3.63, 3.8) is 0 Å². The molecule has 0 spiro atoms. The molecule has 0 saturated carbocycles. The Hall–Kier alpha value is -5.39. The third-order valence-electron chi connectivity index (χ3n) is 5.51. The average molecular weight is 519 g/mol. The maximum Gasteiger partial charge on any atom is 0.343 e. The molecule has 4 rings (SSSR count). The largest absolute Gasteiger partial charge is 0.493 e. The topological polar surface area (TPSA) is 147 Å². The second-order valence-electron chi connectivity index (χ2n) is 7.76. The second-order valence-corrected chi connectivity index (χ2v) is 7.76. The highest BCUT2D eigenvalue weighted by atomic mass is 16.6. The van der Waals surface area contributed by atoms with Crippen molar-refractivity contribution in [3.05, 3.63) is 87.5 Å². The minimum atomic E-state index is -0.856. The van der Waals surface area contributed by atoms with Gasteiger partial charge in [-0.2, -0.15) is 0 Å². The highest BCUT2D eigenvalue weighted by Crippen LogP contribution is 2.38. The Bertz CT molecular complexity index is 1440. The van der Waals surface area contributed by atoms with Gasteiger partial charge >= 0.3 is 5.97 Å². The van der Waals surface area contributed by atoms with Crippen LogP contribution in [0.4, 0.5) is 11.4 Å². The molecule has 1 heterocycles. The van der Waals surface area contributed by atoms with Gasteiger partial charge in [0.05, 0.1) is 37.5 Å². The van der Waals surface area contributed by atoms with Gasteiger partial charge in [0.2, 0.25) is 5.75 Å². The standard InChI is InChI=1S/C26H21N3O9/c1-35-21-13-16(14-22(36-2)23(21)37-3)26(32)38-20-10-9-18(29(33)34)11-15(20)12-19-24(30)27-28(25(19)31)17-7-5-4-6-8-17/h4-14H,1-3H3,(H,27,30)/b19-12-. The summed E-state index contributed by atoms with van der Waals surface area (Å²) in [5.41, 5.74) is 2.22. The van der Waals surface area contributed by atoms with Crippen LogP contribution in [0.25, 0.3) is 6.08 Å². The Morgan fingerprint density at radius 3 is 2.16 bits per heavy atom. The van der Waals surface area contributed by atoms with Gasteiger partial charge in [-0.15, -0.1) is 0 Å². The molecule has 2 amide bonds. The summed E-state index contributed by atoms with van der Waals surface area (Å²) in [5.74, 6) is -1.72. The zero-order valence-corrected chi connectivity index (χ0v) is 20.4. The summed E-state index contributed by atoms with van der Waals surface area (Å²) in [7, 11) is 4.18. The number of hydrazine groups is 1. The smallest absolute Gasteiger partial charge is 0.343 e. The number of nitro groups is 1. The minimum absolute atomic E-state index is 0.0291. The molecule has 1 fully saturated rings. The lowest BCUT2D eigenvalue weighted by Crippen LogP contribution is -2.35. The lowest BCUT2D eigenvalue weighted by molar-refractivity contribution is -0.384. The number of rotatable bonds is 8. The molecule has 38 heavy (non-hydrogen) atoms. The van der Waals surface area contributed by atoms with Gasteiger partial charge < -0.3 is 18.9 Å². The number of nitrogens with one attached hydrogen (secondary N) is 1. The van der Waals surface area contributed by atoms with Gasteiger partial charge in [-0.3, -0.25) is 25.1 Å². The fraction of sp³-hybridized carbons (Fsp3) is 0.115. The van der Waals surface area contributed by atoms with Crippen LogP contribution in [0.1, 0.15) is 15.9 Å². The van der Waals surface area contributed by atoms with E-state index >= 15 is 0 Å². The first-order chi connectivity index (χ1) is 18.3. The Balaban J connectivity index is 1.72. The van der Waals surface area contributed by atoms with Gasteiger partial charge in [0.25, 0.3) is 17.5 Å². The minimum Gasteiger partial charge on any atom is -0.493 e. The summed E-state index contributed by atoms with van der Waals surface area (Å²) < 4.78 is 21.3. The molecule has 3 aromatic rings. The number of nitro benzene ring substituents is 1. The number of amides is 2. The monoisotopic (exact) mass is 519 g/mol. The number of non-ortho nitro benzene ring substituents is 1. The van der Waals surface area contributed by atoms with Gasteiger partial charge in [-0.05, 0) is 36.4 Å². The maximum absolute atomic E-state index is 13.0. The Labute approximate surface area is 216 Å². The van der Waals surface area contributed by atoms with Gasteiger partial charge in [0.1, 0.15) is 11.3 Å². The zero-order valence-electron chi connectivity index (χ0n) is 20.4. The first kappa shape index (κ1) is 25.7. The molecule has 0 unspecified atom stereocenters. The number of anilines is 1. The van der Waals surface area contributed by atoms with Crippen molar-refractivity contribution < 1.29 is 38.3 Å². The van der Waals surface area contributed by atoms with Gasteiger partial charge in [-0.25, -0.2) is 9.80 Å².